The first-order chi connectivity index (χ1) is 7.61. The van der Waals surface area contributed by atoms with Crippen LogP contribution >= 0.6 is 0 Å². The minimum atomic E-state index is -0.715. The highest BCUT2D eigenvalue weighted by atomic mass is 16.4. The number of hydrogen-bond donors (Lipinski definition) is 1. The van der Waals surface area contributed by atoms with Crippen molar-refractivity contribution in [3.8, 4) is 0 Å². The normalized spacial score (nSPS) is 13.2. The molecule has 1 rings (SSSR count). The van der Waals surface area contributed by atoms with E-state index in [2.05, 4.69) is 0 Å². The minimum absolute atomic E-state index is 0.165. The Kier molecular flexibility index (Phi) is 4.77. The Morgan fingerprint density at radius 2 is 1.94 bits per heavy atom. The van der Waals surface area contributed by atoms with Gasteiger partial charge in [0.25, 0.3) is 0 Å². The van der Waals surface area contributed by atoms with Gasteiger partial charge in [0, 0.05) is 0 Å². The molecule has 1 atom stereocenters. The number of carboxylic acid groups (broad SMARTS) is 1. The van der Waals surface area contributed by atoms with E-state index in [0.717, 1.165) is 5.56 Å². The fraction of sp³-hybridized carbons (Fsp3) is 0.357. The number of allylic oxidation sites excluding steroid dienone is 1. The van der Waals surface area contributed by atoms with Crippen molar-refractivity contribution in [3.63, 3.8) is 0 Å². The van der Waals surface area contributed by atoms with Gasteiger partial charge in [-0.15, -0.1) is 0 Å². The first-order valence-electron chi connectivity index (χ1n) is 5.55. The Morgan fingerprint density at radius 1 is 1.31 bits per heavy atom. The highest BCUT2D eigenvalue weighted by Crippen LogP contribution is 2.16. The fourth-order valence-electron chi connectivity index (χ4n) is 1.57. The van der Waals surface area contributed by atoms with Crippen LogP contribution in [0.25, 0.3) is 6.08 Å². The number of hydrogen-bond acceptors (Lipinski definition) is 1. The van der Waals surface area contributed by atoms with E-state index in [1.165, 1.54) is 0 Å². The Morgan fingerprint density at radius 3 is 2.44 bits per heavy atom. The molecule has 0 aromatic heterocycles. The molecule has 2 heteroatoms. The predicted octanol–water partition coefficient (Wildman–Crippen LogP) is 3.45. The van der Waals surface area contributed by atoms with E-state index in [1.807, 2.05) is 56.3 Å². The van der Waals surface area contributed by atoms with Crippen LogP contribution in [0, 0.1) is 11.8 Å². The Balaban J connectivity index is 2.56. The third-order valence-electron chi connectivity index (χ3n) is 2.62. The fourth-order valence-corrected chi connectivity index (χ4v) is 1.57. The molecule has 16 heavy (non-hydrogen) atoms. The van der Waals surface area contributed by atoms with Crippen molar-refractivity contribution in [1.29, 1.82) is 0 Å². The van der Waals surface area contributed by atoms with Crippen LogP contribution in [0.15, 0.2) is 36.4 Å². The van der Waals surface area contributed by atoms with Crippen LogP contribution in [0.5, 0.6) is 0 Å². The summed E-state index contributed by atoms with van der Waals surface area (Å²) in [7, 11) is 0. The van der Waals surface area contributed by atoms with Gasteiger partial charge in [-0.25, -0.2) is 0 Å². The van der Waals surface area contributed by atoms with Gasteiger partial charge in [-0.05, 0) is 17.9 Å². The summed E-state index contributed by atoms with van der Waals surface area (Å²) in [4.78, 5) is 10.9. The maximum atomic E-state index is 10.9. The first-order valence-corrected chi connectivity index (χ1v) is 5.55. The molecule has 2 nitrogen and oxygen atoms in total. The molecule has 0 saturated carbocycles. The van der Waals surface area contributed by atoms with E-state index < -0.39 is 5.97 Å². The van der Waals surface area contributed by atoms with Gasteiger partial charge in [0.1, 0.15) is 0 Å². The lowest BCUT2D eigenvalue weighted by Crippen LogP contribution is -2.18. The maximum absolute atomic E-state index is 10.9. The molecular formula is C14H18O2. The van der Waals surface area contributed by atoms with E-state index in [0.29, 0.717) is 6.42 Å². The molecule has 0 spiro atoms. The Bertz CT molecular complexity index is 352. The lowest BCUT2D eigenvalue weighted by atomic mass is 9.92. The second-order valence-electron chi connectivity index (χ2n) is 4.24. The summed E-state index contributed by atoms with van der Waals surface area (Å²) in [5.74, 6) is -0.842. The van der Waals surface area contributed by atoms with Crippen molar-refractivity contribution >= 4 is 12.0 Å². The zero-order chi connectivity index (χ0) is 12.0. The summed E-state index contributed by atoms with van der Waals surface area (Å²) in [5, 5.41) is 9.01. The molecule has 86 valence electrons. The molecule has 0 aliphatic rings. The molecule has 0 aliphatic carbocycles. The van der Waals surface area contributed by atoms with Crippen LogP contribution in [-0.2, 0) is 4.79 Å². The lowest BCUT2D eigenvalue weighted by molar-refractivity contribution is -0.143. The third kappa shape index (κ3) is 3.89. The highest BCUT2D eigenvalue weighted by Gasteiger charge is 2.19. The van der Waals surface area contributed by atoms with E-state index in [9.17, 15) is 4.79 Å². The standard InChI is InChI=1S/C14H18O2/c1-11(2)13(14(15)16)10-6-9-12-7-4-3-5-8-12/h3-9,11,13H,10H2,1-2H3,(H,15,16). The number of carboxylic acids is 1. The van der Waals surface area contributed by atoms with Crippen LogP contribution in [0.3, 0.4) is 0 Å². The van der Waals surface area contributed by atoms with Crippen molar-refractivity contribution in [3.05, 3.63) is 42.0 Å². The van der Waals surface area contributed by atoms with Gasteiger partial charge in [0.15, 0.2) is 0 Å². The van der Waals surface area contributed by atoms with Crippen LogP contribution < -0.4 is 0 Å². The van der Waals surface area contributed by atoms with Crippen molar-refractivity contribution in [1.82, 2.24) is 0 Å². The molecule has 0 bridgehead atoms. The topological polar surface area (TPSA) is 37.3 Å². The molecule has 1 unspecified atom stereocenters. The summed E-state index contributed by atoms with van der Waals surface area (Å²) >= 11 is 0. The van der Waals surface area contributed by atoms with Crippen molar-refractivity contribution in [2.45, 2.75) is 20.3 Å². The number of rotatable bonds is 5. The van der Waals surface area contributed by atoms with E-state index >= 15 is 0 Å². The highest BCUT2D eigenvalue weighted by molar-refractivity contribution is 5.70. The van der Waals surface area contributed by atoms with Crippen molar-refractivity contribution < 1.29 is 9.90 Å². The summed E-state index contributed by atoms with van der Waals surface area (Å²) in [6.45, 7) is 3.88. The Hall–Kier alpha value is -1.57. The molecule has 1 aromatic rings. The predicted molar refractivity (Wildman–Crippen MR) is 66.1 cm³/mol. The molecular weight excluding hydrogens is 200 g/mol. The number of carbonyl (C=O) groups is 1. The van der Waals surface area contributed by atoms with Crippen molar-refractivity contribution in [2.75, 3.05) is 0 Å². The average molecular weight is 218 g/mol. The first kappa shape index (κ1) is 12.5. The summed E-state index contributed by atoms with van der Waals surface area (Å²) in [5.41, 5.74) is 1.11. The van der Waals surface area contributed by atoms with Gasteiger partial charge in [-0.2, -0.15) is 0 Å². The monoisotopic (exact) mass is 218 g/mol. The molecule has 0 amide bonds. The van der Waals surface area contributed by atoms with Gasteiger partial charge < -0.3 is 5.11 Å². The van der Waals surface area contributed by atoms with Gasteiger partial charge in [0.05, 0.1) is 5.92 Å². The number of aliphatic carboxylic acids is 1. The van der Waals surface area contributed by atoms with E-state index in [1.54, 1.807) is 0 Å². The quantitative estimate of drug-likeness (QED) is 0.821. The second kappa shape index (κ2) is 6.11. The third-order valence-corrected chi connectivity index (χ3v) is 2.62. The second-order valence-corrected chi connectivity index (χ2v) is 4.24. The largest absolute Gasteiger partial charge is 0.481 e. The van der Waals surface area contributed by atoms with E-state index in [4.69, 9.17) is 5.11 Å². The molecule has 0 saturated heterocycles. The number of benzene rings is 1. The van der Waals surface area contributed by atoms with Crippen LogP contribution in [0.1, 0.15) is 25.8 Å². The van der Waals surface area contributed by atoms with Gasteiger partial charge in [-0.1, -0.05) is 56.3 Å². The molecule has 1 N–H and O–H groups in total. The van der Waals surface area contributed by atoms with Gasteiger partial charge in [0.2, 0.25) is 0 Å². The molecule has 0 radical (unpaired) electrons. The smallest absolute Gasteiger partial charge is 0.307 e. The minimum Gasteiger partial charge on any atom is -0.481 e. The van der Waals surface area contributed by atoms with Crippen molar-refractivity contribution in [2.24, 2.45) is 11.8 Å². The maximum Gasteiger partial charge on any atom is 0.307 e. The van der Waals surface area contributed by atoms with Crippen LogP contribution in [0.4, 0.5) is 0 Å². The van der Waals surface area contributed by atoms with E-state index in [-0.39, 0.29) is 11.8 Å². The van der Waals surface area contributed by atoms with Gasteiger partial charge >= 0.3 is 5.97 Å². The molecule has 0 aliphatic heterocycles. The average Bonchev–Trinajstić information content (AvgIpc) is 2.24. The summed E-state index contributed by atoms with van der Waals surface area (Å²) in [6, 6.07) is 9.91. The summed E-state index contributed by atoms with van der Waals surface area (Å²) < 4.78 is 0. The Labute approximate surface area is 96.6 Å². The lowest BCUT2D eigenvalue weighted by Gasteiger charge is -2.13. The zero-order valence-corrected chi connectivity index (χ0v) is 9.76. The molecule has 0 fully saturated rings. The van der Waals surface area contributed by atoms with Crippen LogP contribution in [-0.4, -0.2) is 11.1 Å². The van der Waals surface area contributed by atoms with Gasteiger partial charge in [-0.3, -0.25) is 4.79 Å². The molecule has 1 aromatic carbocycles. The van der Waals surface area contributed by atoms with Crippen LogP contribution in [0.2, 0.25) is 0 Å². The molecule has 0 heterocycles. The summed E-state index contributed by atoms with van der Waals surface area (Å²) in [6.07, 6.45) is 4.49. The zero-order valence-electron chi connectivity index (χ0n) is 9.76. The SMILES string of the molecule is CC(C)C(CC=Cc1ccccc1)C(=O)O.